The third-order valence-electron chi connectivity index (χ3n) is 5.85. The first-order chi connectivity index (χ1) is 12.5. The Morgan fingerprint density at radius 3 is 2.58 bits per heavy atom. The van der Waals surface area contributed by atoms with E-state index in [0.717, 1.165) is 31.2 Å². The van der Waals surface area contributed by atoms with Gasteiger partial charge < -0.3 is 14.7 Å². The topological polar surface area (TPSA) is 90.9 Å². The van der Waals surface area contributed by atoms with Gasteiger partial charge >= 0.3 is 5.97 Å². The van der Waals surface area contributed by atoms with Crippen molar-refractivity contribution in [1.82, 2.24) is 15.8 Å². The van der Waals surface area contributed by atoms with Crippen LogP contribution < -0.4 is 15.6 Å². The maximum atomic E-state index is 12.9. The quantitative estimate of drug-likeness (QED) is 0.556. The van der Waals surface area contributed by atoms with Crippen molar-refractivity contribution < 1.29 is 19.4 Å². The molecule has 1 aromatic carbocycles. The number of amides is 1. The fourth-order valence-electron chi connectivity index (χ4n) is 4.52. The van der Waals surface area contributed by atoms with E-state index in [-0.39, 0.29) is 29.9 Å². The Hall–Kier alpha value is -1.96. The third kappa shape index (κ3) is 2.90. The van der Waals surface area contributed by atoms with Crippen LogP contribution in [0.1, 0.15) is 50.6 Å². The molecule has 3 fully saturated rings. The number of aliphatic hydroxyl groups is 1. The Balaban J connectivity index is 1.53. The number of nitrogens with zero attached hydrogens (tertiary/aromatic N) is 1. The molecule has 1 aromatic rings. The summed E-state index contributed by atoms with van der Waals surface area (Å²) in [6, 6.07) is 7.22. The average Bonchev–Trinajstić information content (AvgIpc) is 3.09. The highest BCUT2D eigenvalue weighted by molar-refractivity contribution is 5.88. The second-order valence-corrected chi connectivity index (χ2v) is 7.53. The number of ether oxygens (including phenoxy) is 1. The van der Waals surface area contributed by atoms with E-state index in [1.165, 1.54) is 13.3 Å². The molecule has 0 bridgehead atoms. The molecule has 26 heavy (non-hydrogen) atoms. The molecule has 1 amide bonds. The van der Waals surface area contributed by atoms with Gasteiger partial charge in [-0.15, -0.1) is 0 Å². The van der Waals surface area contributed by atoms with Gasteiger partial charge in [-0.2, -0.15) is 0 Å². The predicted octanol–water partition coefficient (Wildman–Crippen LogP) is 1.24. The molecule has 7 nitrogen and oxygen atoms in total. The summed E-state index contributed by atoms with van der Waals surface area (Å²) in [4.78, 5) is 25.8. The summed E-state index contributed by atoms with van der Waals surface area (Å²) in [7, 11) is 0. The van der Waals surface area contributed by atoms with Gasteiger partial charge in [0.15, 0.2) is 0 Å². The molecule has 1 saturated carbocycles. The Morgan fingerprint density at radius 1 is 1.23 bits per heavy atom. The van der Waals surface area contributed by atoms with Crippen LogP contribution in [0.3, 0.4) is 0 Å². The molecule has 140 valence electrons. The van der Waals surface area contributed by atoms with Crippen molar-refractivity contribution in [2.45, 2.75) is 56.8 Å². The normalized spacial score (nSPS) is 31.9. The van der Waals surface area contributed by atoms with Crippen LogP contribution in [-0.2, 0) is 9.59 Å². The summed E-state index contributed by atoms with van der Waals surface area (Å²) in [6.45, 7) is 1.90. The monoisotopic (exact) mass is 359 g/mol. The molecule has 4 rings (SSSR count). The van der Waals surface area contributed by atoms with Crippen molar-refractivity contribution in [1.29, 1.82) is 0 Å². The lowest BCUT2D eigenvalue weighted by molar-refractivity contribution is -0.149. The average molecular weight is 359 g/mol. The summed E-state index contributed by atoms with van der Waals surface area (Å²) in [6.07, 6.45) is 5.55. The van der Waals surface area contributed by atoms with Crippen LogP contribution >= 0.6 is 0 Å². The molecular formula is C19H25N3O4. The first-order valence-corrected chi connectivity index (χ1v) is 9.33. The van der Waals surface area contributed by atoms with Crippen LogP contribution in [0.15, 0.2) is 24.3 Å². The molecule has 0 spiro atoms. The molecule has 2 saturated heterocycles. The SMILES string of the molecule is CC(=O)Oc1ccc(C2NNC3(O)C(=O)N(C4CCCCC4)CC23)cc1. The Kier molecular flexibility index (Phi) is 4.46. The summed E-state index contributed by atoms with van der Waals surface area (Å²) in [5.74, 6) is -0.372. The lowest BCUT2D eigenvalue weighted by Gasteiger charge is -2.32. The van der Waals surface area contributed by atoms with Gasteiger partial charge in [0, 0.05) is 19.5 Å². The van der Waals surface area contributed by atoms with E-state index in [0.29, 0.717) is 12.3 Å². The molecule has 3 N–H and O–H groups in total. The van der Waals surface area contributed by atoms with E-state index in [9.17, 15) is 14.7 Å². The van der Waals surface area contributed by atoms with Crippen LogP contribution in [-0.4, -0.2) is 40.2 Å². The highest BCUT2D eigenvalue weighted by atomic mass is 16.5. The second-order valence-electron chi connectivity index (χ2n) is 7.53. The minimum atomic E-state index is -1.56. The summed E-state index contributed by atoms with van der Waals surface area (Å²) in [5, 5.41) is 11.0. The van der Waals surface area contributed by atoms with Crippen molar-refractivity contribution in [3.8, 4) is 5.75 Å². The van der Waals surface area contributed by atoms with E-state index < -0.39 is 5.72 Å². The predicted molar refractivity (Wildman–Crippen MR) is 93.8 cm³/mol. The van der Waals surface area contributed by atoms with Crippen molar-refractivity contribution in [2.75, 3.05) is 6.54 Å². The van der Waals surface area contributed by atoms with Crippen molar-refractivity contribution in [3.63, 3.8) is 0 Å². The number of hydrogen-bond acceptors (Lipinski definition) is 6. The van der Waals surface area contributed by atoms with Gasteiger partial charge in [-0.1, -0.05) is 31.4 Å². The van der Waals surface area contributed by atoms with Gasteiger partial charge in [0.05, 0.1) is 12.0 Å². The number of fused-ring (bicyclic) bond motifs is 1. The van der Waals surface area contributed by atoms with Crippen molar-refractivity contribution in [3.05, 3.63) is 29.8 Å². The number of esters is 1. The van der Waals surface area contributed by atoms with E-state index in [2.05, 4.69) is 10.9 Å². The standard InChI is InChI=1S/C19H25N3O4/c1-12(23)26-15-9-7-13(8-10-15)17-16-11-22(14-5-3-2-4-6-14)18(24)19(16,25)21-20-17/h7-10,14,16-17,20-21,25H,2-6,11H2,1H3. The highest BCUT2D eigenvalue weighted by Gasteiger charge is 2.61. The zero-order valence-corrected chi connectivity index (χ0v) is 14.9. The number of hydrogen-bond donors (Lipinski definition) is 3. The molecule has 3 aliphatic rings. The first-order valence-electron chi connectivity index (χ1n) is 9.33. The van der Waals surface area contributed by atoms with E-state index >= 15 is 0 Å². The van der Waals surface area contributed by atoms with Gasteiger partial charge in [0.25, 0.3) is 5.91 Å². The van der Waals surface area contributed by atoms with Crippen LogP contribution in [0.2, 0.25) is 0 Å². The van der Waals surface area contributed by atoms with Gasteiger partial charge in [0.1, 0.15) is 5.75 Å². The van der Waals surface area contributed by atoms with E-state index in [1.54, 1.807) is 12.1 Å². The van der Waals surface area contributed by atoms with Crippen molar-refractivity contribution >= 4 is 11.9 Å². The first kappa shape index (κ1) is 17.5. The number of nitrogens with one attached hydrogen (secondary N) is 2. The third-order valence-corrected chi connectivity index (χ3v) is 5.85. The largest absolute Gasteiger partial charge is 0.427 e. The molecule has 7 heteroatoms. The van der Waals surface area contributed by atoms with Crippen LogP contribution in [0, 0.1) is 5.92 Å². The van der Waals surface area contributed by atoms with Gasteiger partial charge in [-0.25, -0.2) is 10.9 Å². The van der Waals surface area contributed by atoms with Crippen LogP contribution in [0.25, 0.3) is 0 Å². The summed E-state index contributed by atoms with van der Waals surface area (Å²) in [5.41, 5.74) is 5.29. The molecule has 2 heterocycles. The number of rotatable bonds is 3. The number of carbonyl (C=O) groups excluding carboxylic acids is 2. The van der Waals surface area contributed by atoms with E-state index in [1.807, 2.05) is 17.0 Å². The molecule has 0 radical (unpaired) electrons. The Labute approximate surface area is 152 Å². The Bertz CT molecular complexity index is 701. The van der Waals surface area contributed by atoms with Gasteiger partial charge in [-0.3, -0.25) is 9.59 Å². The molecular weight excluding hydrogens is 334 g/mol. The van der Waals surface area contributed by atoms with Crippen LogP contribution in [0.4, 0.5) is 0 Å². The fourth-order valence-corrected chi connectivity index (χ4v) is 4.52. The molecule has 2 aliphatic heterocycles. The van der Waals surface area contributed by atoms with Gasteiger partial charge in [-0.05, 0) is 30.5 Å². The maximum Gasteiger partial charge on any atom is 0.308 e. The van der Waals surface area contributed by atoms with Crippen LogP contribution in [0.5, 0.6) is 5.75 Å². The van der Waals surface area contributed by atoms with E-state index in [4.69, 9.17) is 4.74 Å². The number of carbonyl (C=O) groups is 2. The molecule has 0 aromatic heterocycles. The minimum absolute atomic E-state index is 0.191. The zero-order valence-electron chi connectivity index (χ0n) is 14.9. The molecule has 3 unspecified atom stereocenters. The number of hydrazine groups is 1. The molecule has 1 aliphatic carbocycles. The maximum absolute atomic E-state index is 12.9. The van der Waals surface area contributed by atoms with Gasteiger partial charge in [0.2, 0.25) is 5.72 Å². The second kappa shape index (κ2) is 6.64. The summed E-state index contributed by atoms with van der Waals surface area (Å²) < 4.78 is 5.07. The minimum Gasteiger partial charge on any atom is -0.427 e. The highest BCUT2D eigenvalue weighted by Crippen LogP contribution is 2.42. The number of benzene rings is 1. The summed E-state index contributed by atoms with van der Waals surface area (Å²) >= 11 is 0. The molecule has 3 atom stereocenters. The lowest BCUT2D eigenvalue weighted by atomic mass is 9.89. The smallest absolute Gasteiger partial charge is 0.308 e. The Morgan fingerprint density at radius 2 is 1.92 bits per heavy atom. The van der Waals surface area contributed by atoms with Crippen molar-refractivity contribution in [2.24, 2.45) is 5.92 Å². The lowest BCUT2D eigenvalue weighted by Crippen LogP contribution is -2.54. The fraction of sp³-hybridized carbons (Fsp3) is 0.579. The zero-order chi connectivity index (χ0) is 18.3. The number of likely N-dealkylation sites (tertiary alicyclic amines) is 1.